The average Bonchev–Trinajstić information content (AvgIpc) is 3.23. The lowest BCUT2D eigenvalue weighted by molar-refractivity contribution is -0.122. The van der Waals surface area contributed by atoms with E-state index in [1.54, 1.807) is 6.07 Å². The first kappa shape index (κ1) is 15.2. The molecule has 1 saturated carbocycles. The lowest BCUT2D eigenvalue weighted by atomic mass is 10.1. The standard InChI is InChI=1S/C14H18ClFN2O2/c1-18(10-3-4-10)8-14(20)17-7-13(19)9-2-5-11(15)12(16)6-9/h2,5-6,10,13,19H,3-4,7-8H2,1H3,(H,17,20). The molecule has 0 radical (unpaired) electrons. The maximum absolute atomic E-state index is 13.3. The molecular weight excluding hydrogens is 283 g/mol. The number of benzene rings is 1. The maximum atomic E-state index is 13.3. The van der Waals surface area contributed by atoms with Crippen molar-refractivity contribution in [1.29, 1.82) is 0 Å². The van der Waals surface area contributed by atoms with Crippen LogP contribution in [0.15, 0.2) is 18.2 Å². The quantitative estimate of drug-likeness (QED) is 0.841. The van der Waals surface area contributed by atoms with E-state index in [0.717, 1.165) is 12.8 Å². The van der Waals surface area contributed by atoms with Gasteiger partial charge in [0.2, 0.25) is 5.91 Å². The number of aliphatic hydroxyl groups excluding tert-OH is 1. The van der Waals surface area contributed by atoms with Gasteiger partial charge in [0.05, 0.1) is 17.7 Å². The van der Waals surface area contributed by atoms with Crippen molar-refractivity contribution in [1.82, 2.24) is 10.2 Å². The molecule has 20 heavy (non-hydrogen) atoms. The Hall–Kier alpha value is -1.17. The van der Waals surface area contributed by atoms with E-state index in [1.165, 1.54) is 12.1 Å². The van der Waals surface area contributed by atoms with Gasteiger partial charge in [-0.25, -0.2) is 4.39 Å². The number of carbonyl (C=O) groups is 1. The van der Waals surface area contributed by atoms with Crippen LogP contribution in [0, 0.1) is 5.82 Å². The van der Waals surface area contributed by atoms with Crippen LogP contribution >= 0.6 is 11.6 Å². The molecule has 1 amide bonds. The van der Waals surface area contributed by atoms with E-state index in [-0.39, 0.29) is 17.5 Å². The van der Waals surface area contributed by atoms with Crippen LogP contribution in [0.4, 0.5) is 4.39 Å². The van der Waals surface area contributed by atoms with Gasteiger partial charge in [-0.2, -0.15) is 0 Å². The Labute approximate surface area is 122 Å². The minimum absolute atomic E-state index is 0.0102. The van der Waals surface area contributed by atoms with Crippen molar-refractivity contribution in [3.05, 3.63) is 34.6 Å². The zero-order valence-electron chi connectivity index (χ0n) is 11.3. The van der Waals surface area contributed by atoms with Crippen molar-refractivity contribution in [3.8, 4) is 0 Å². The topological polar surface area (TPSA) is 52.6 Å². The maximum Gasteiger partial charge on any atom is 0.234 e. The first-order valence-corrected chi connectivity index (χ1v) is 6.95. The van der Waals surface area contributed by atoms with Gasteiger partial charge >= 0.3 is 0 Å². The molecule has 1 aliphatic carbocycles. The average molecular weight is 301 g/mol. The summed E-state index contributed by atoms with van der Waals surface area (Å²) >= 11 is 5.57. The number of nitrogens with zero attached hydrogens (tertiary/aromatic N) is 1. The normalized spacial score (nSPS) is 16.2. The fourth-order valence-corrected chi connectivity index (χ4v) is 2.09. The number of hydrogen-bond acceptors (Lipinski definition) is 3. The summed E-state index contributed by atoms with van der Waals surface area (Å²) in [5, 5.41) is 12.6. The molecule has 1 unspecified atom stereocenters. The van der Waals surface area contributed by atoms with E-state index in [0.29, 0.717) is 18.2 Å². The fourth-order valence-electron chi connectivity index (χ4n) is 1.97. The minimum Gasteiger partial charge on any atom is -0.387 e. The van der Waals surface area contributed by atoms with Crippen molar-refractivity contribution in [2.45, 2.75) is 25.0 Å². The number of likely N-dealkylation sites (N-methyl/N-ethyl adjacent to an activating group) is 1. The third-order valence-electron chi connectivity index (χ3n) is 3.38. The smallest absolute Gasteiger partial charge is 0.234 e. The third kappa shape index (κ3) is 4.16. The second-order valence-electron chi connectivity index (χ2n) is 5.14. The predicted octanol–water partition coefficient (Wildman–Crippen LogP) is 1.72. The van der Waals surface area contributed by atoms with Crippen LogP contribution in [0.1, 0.15) is 24.5 Å². The zero-order valence-corrected chi connectivity index (χ0v) is 12.0. The highest BCUT2D eigenvalue weighted by atomic mass is 35.5. The first-order chi connectivity index (χ1) is 9.47. The van der Waals surface area contributed by atoms with Crippen LogP contribution in [-0.4, -0.2) is 42.1 Å². The van der Waals surface area contributed by atoms with Crippen LogP contribution in [0.5, 0.6) is 0 Å². The molecule has 4 nitrogen and oxygen atoms in total. The van der Waals surface area contributed by atoms with E-state index in [9.17, 15) is 14.3 Å². The summed E-state index contributed by atoms with van der Waals surface area (Å²) in [6.07, 6.45) is 1.32. The number of halogens is 2. The second kappa shape index (κ2) is 6.52. The largest absolute Gasteiger partial charge is 0.387 e. The van der Waals surface area contributed by atoms with Gasteiger partial charge in [-0.05, 0) is 37.6 Å². The number of amides is 1. The molecule has 1 aromatic rings. The van der Waals surface area contributed by atoms with Crippen molar-refractivity contribution < 1.29 is 14.3 Å². The molecule has 2 rings (SSSR count). The second-order valence-corrected chi connectivity index (χ2v) is 5.55. The highest BCUT2D eigenvalue weighted by molar-refractivity contribution is 6.30. The molecule has 1 fully saturated rings. The molecule has 6 heteroatoms. The molecule has 0 spiro atoms. The fraction of sp³-hybridized carbons (Fsp3) is 0.500. The van der Waals surface area contributed by atoms with Crippen LogP contribution in [0.3, 0.4) is 0 Å². The Morgan fingerprint density at radius 1 is 1.60 bits per heavy atom. The van der Waals surface area contributed by atoms with E-state index in [4.69, 9.17) is 11.6 Å². The number of nitrogens with one attached hydrogen (secondary N) is 1. The monoisotopic (exact) mass is 300 g/mol. The Bertz CT molecular complexity index is 494. The molecule has 0 heterocycles. The van der Waals surface area contributed by atoms with E-state index in [2.05, 4.69) is 5.32 Å². The van der Waals surface area contributed by atoms with E-state index in [1.807, 2.05) is 11.9 Å². The summed E-state index contributed by atoms with van der Waals surface area (Å²) in [6.45, 7) is 0.366. The van der Waals surface area contributed by atoms with Crippen LogP contribution in [0.2, 0.25) is 5.02 Å². The Balaban J connectivity index is 1.80. The van der Waals surface area contributed by atoms with Crippen molar-refractivity contribution in [2.75, 3.05) is 20.1 Å². The van der Waals surface area contributed by atoms with E-state index >= 15 is 0 Å². The Kier molecular flexibility index (Phi) is 4.96. The van der Waals surface area contributed by atoms with Gasteiger partial charge in [0, 0.05) is 12.6 Å². The molecule has 0 bridgehead atoms. The molecular formula is C14H18ClFN2O2. The summed E-state index contributed by atoms with van der Waals surface area (Å²) in [4.78, 5) is 13.7. The SMILES string of the molecule is CN(CC(=O)NCC(O)c1ccc(Cl)c(F)c1)C1CC1. The van der Waals surface area contributed by atoms with Crippen LogP contribution in [-0.2, 0) is 4.79 Å². The Morgan fingerprint density at radius 2 is 2.30 bits per heavy atom. The third-order valence-corrected chi connectivity index (χ3v) is 3.69. The molecule has 1 aliphatic rings. The van der Waals surface area contributed by atoms with Gasteiger partial charge in [0.15, 0.2) is 0 Å². The molecule has 0 aromatic heterocycles. The molecule has 110 valence electrons. The highest BCUT2D eigenvalue weighted by Gasteiger charge is 2.27. The van der Waals surface area contributed by atoms with Crippen LogP contribution in [0.25, 0.3) is 0 Å². The molecule has 0 saturated heterocycles. The van der Waals surface area contributed by atoms with Gasteiger partial charge < -0.3 is 10.4 Å². The number of hydrogen-bond donors (Lipinski definition) is 2. The van der Waals surface area contributed by atoms with Crippen LogP contribution < -0.4 is 5.32 Å². The van der Waals surface area contributed by atoms with Crippen molar-refractivity contribution in [2.24, 2.45) is 0 Å². The lowest BCUT2D eigenvalue weighted by Crippen LogP contribution is -2.38. The molecule has 1 aromatic carbocycles. The summed E-state index contributed by atoms with van der Waals surface area (Å²) in [6, 6.07) is 4.61. The molecule has 2 N–H and O–H groups in total. The van der Waals surface area contributed by atoms with Crippen molar-refractivity contribution in [3.63, 3.8) is 0 Å². The highest BCUT2D eigenvalue weighted by Crippen LogP contribution is 2.24. The van der Waals surface area contributed by atoms with Gasteiger partial charge in [-0.3, -0.25) is 9.69 Å². The number of carbonyl (C=O) groups excluding carboxylic acids is 1. The number of rotatable bonds is 6. The summed E-state index contributed by atoms with van der Waals surface area (Å²) < 4.78 is 13.3. The summed E-state index contributed by atoms with van der Waals surface area (Å²) in [5.41, 5.74) is 0.391. The van der Waals surface area contributed by atoms with Gasteiger partial charge in [-0.15, -0.1) is 0 Å². The van der Waals surface area contributed by atoms with Gasteiger partial charge in [0.25, 0.3) is 0 Å². The Morgan fingerprint density at radius 3 is 2.90 bits per heavy atom. The summed E-state index contributed by atoms with van der Waals surface area (Å²) in [5.74, 6) is -0.726. The molecule has 0 aliphatic heterocycles. The first-order valence-electron chi connectivity index (χ1n) is 6.57. The summed E-state index contributed by atoms with van der Waals surface area (Å²) in [7, 11) is 1.91. The zero-order chi connectivity index (χ0) is 14.7. The molecule has 1 atom stereocenters. The lowest BCUT2D eigenvalue weighted by Gasteiger charge is -2.17. The predicted molar refractivity (Wildman–Crippen MR) is 75.0 cm³/mol. The number of aliphatic hydroxyl groups is 1. The van der Waals surface area contributed by atoms with Gasteiger partial charge in [0.1, 0.15) is 5.82 Å². The minimum atomic E-state index is -0.947. The van der Waals surface area contributed by atoms with Gasteiger partial charge in [-0.1, -0.05) is 17.7 Å². The van der Waals surface area contributed by atoms with Crippen molar-refractivity contribution >= 4 is 17.5 Å². The van der Waals surface area contributed by atoms with E-state index < -0.39 is 11.9 Å².